The quantitative estimate of drug-likeness (QED) is 0.865. The molecule has 1 saturated heterocycles. The molecule has 0 aliphatic carbocycles. The highest BCUT2D eigenvalue weighted by molar-refractivity contribution is 5.56. The fraction of sp³-hybridized carbons (Fsp3) is 0.600. The van der Waals surface area contributed by atoms with Gasteiger partial charge in [0.05, 0.1) is 0 Å². The van der Waals surface area contributed by atoms with Gasteiger partial charge in [0.1, 0.15) is 0 Å². The van der Waals surface area contributed by atoms with Crippen molar-refractivity contribution in [3.63, 3.8) is 0 Å². The summed E-state index contributed by atoms with van der Waals surface area (Å²) in [6.45, 7) is 8.90. The van der Waals surface area contributed by atoms with E-state index in [9.17, 15) is 0 Å². The van der Waals surface area contributed by atoms with Gasteiger partial charge < -0.3 is 15.1 Å². The van der Waals surface area contributed by atoms with E-state index in [2.05, 4.69) is 74.2 Å². The van der Waals surface area contributed by atoms with Crippen LogP contribution in [-0.4, -0.2) is 38.8 Å². The molecule has 0 bridgehead atoms. The second kappa shape index (κ2) is 4.81. The van der Waals surface area contributed by atoms with E-state index in [-0.39, 0.29) is 5.54 Å². The number of hydrogen-bond acceptors (Lipinski definition) is 3. The molecule has 1 fully saturated rings. The minimum Gasteiger partial charge on any atom is -0.378 e. The van der Waals surface area contributed by atoms with Crippen molar-refractivity contribution < 1.29 is 0 Å². The van der Waals surface area contributed by atoms with Crippen LogP contribution in [0.2, 0.25) is 0 Å². The van der Waals surface area contributed by atoms with E-state index in [4.69, 9.17) is 0 Å². The highest BCUT2D eigenvalue weighted by Gasteiger charge is 2.30. The SMILES string of the molecule is CC1CNC(C)(C)CN1c1ccc(N(C)C)cc1. The van der Waals surface area contributed by atoms with Crippen molar-refractivity contribution >= 4 is 11.4 Å². The summed E-state index contributed by atoms with van der Waals surface area (Å²) < 4.78 is 0. The molecular formula is C15H25N3. The van der Waals surface area contributed by atoms with Gasteiger partial charge in [-0.2, -0.15) is 0 Å². The largest absolute Gasteiger partial charge is 0.378 e. The van der Waals surface area contributed by atoms with E-state index >= 15 is 0 Å². The Morgan fingerprint density at radius 1 is 1.22 bits per heavy atom. The van der Waals surface area contributed by atoms with Crippen LogP contribution in [0.1, 0.15) is 20.8 Å². The number of nitrogens with zero attached hydrogens (tertiary/aromatic N) is 2. The van der Waals surface area contributed by atoms with E-state index in [1.54, 1.807) is 0 Å². The van der Waals surface area contributed by atoms with E-state index < -0.39 is 0 Å². The van der Waals surface area contributed by atoms with Crippen LogP contribution in [-0.2, 0) is 0 Å². The first-order valence-electron chi connectivity index (χ1n) is 6.68. The lowest BCUT2D eigenvalue weighted by Crippen LogP contribution is -2.61. The van der Waals surface area contributed by atoms with E-state index in [0.29, 0.717) is 6.04 Å². The Morgan fingerprint density at radius 2 is 1.83 bits per heavy atom. The maximum atomic E-state index is 3.59. The summed E-state index contributed by atoms with van der Waals surface area (Å²) in [5.41, 5.74) is 2.76. The maximum Gasteiger partial charge on any atom is 0.0387 e. The molecule has 1 aliphatic heterocycles. The molecular weight excluding hydrogens is 222 g/mol. The lowest BCUT2D eigenvalue weighted by Gasteiger charge is -2.44. The summed E-state index contributed by atoms with van der Waals surface area (Å²) in [6.07, 6.45) is 0. The smallest absolute Gasteiger partial charge is 0.0387 e. The molecule has 0 aromatic heterocycles. The second-order valence-corrected chi connectivity index (χ2v) is 6.15. The van der Waals surface area contributed by atoms with Crippen LogP contribution in [0.4, 0.5) is 11.4 Å². The molecule has 1 aromatic carbocycles. The average Bonchev–Trinajstić information content (AvgIpc) is 2.32. The van der Waals surface area contributed by atoms with Crippen LogP contribution in [0.3, 0.4) is 0 Å². The van der Waals surface area contributed by atoms with Gasteiger partial charge in [-0.25, -0.2) is 0 Å². The highest BCUT2D eigenvalue weighted by Crippen LogP contribution is 2.25. The van der Waals surface area contributed by atoms with Crippen molar-refractivity contribution in [3.8, 4) is 0 Å². The summed E-state index contributed by atoms with van der Waals surface area (Å²) >= 11 is 0. The molecule has 100 valence electrons. The molecule has 3 nitrogen and oxygen atoms in total. The Bertz CT molecular complexity index is 395. The van der Waals surface area contributed by atoms with Gasteiger partial charge in [0.2, 0.25) is 0 Å². The zero-order valence-electron chi connectivity index (χ0n) is 12.2. The number of piperazine rings is 1. The Labute approximate surface area is 111 Å². The molecule has 0 spiro atoms. The predicted octanol–water partition coefficient (Wildman–Crippen LogP) is 2.33. The topological polar surface area (TPSA) is 18.5 Å². The number of hydrogen-bond donors (Lipinski definition) is 1. The van der Waals surface area contributed by atoms with Crippen molar-refractivity contribution in [2.24, 2.45) is 0 Å². The molecule has 1 atom stereocenters. The summed E-state index contributed by atoms with van der Waals surface area (Å²) in [7, 11) is 4.15. The van der Waals surface area contributed by atoms with Crippen LogP contribution >= 0.6 is 0 Å². The van der Waals surface area contributed by atoms with Crippen molar-refractivity contribution in [1.29, 1.82) is 0 Å². The van der Waals surface area contributed by atoms with Gasteiger partial charge in [-0.1, -0.05) is 0 Å². The normalized spacial score (nSPS) is 22.9. The van der Waals surface area contributed by atoms with Gasteiger partial charge in [-0.15, -0.1) is 0 Å². The number of benzene rings is 1. The standard InChI is InChI=1S/C15H25N3/c1-12-10-16-15(2,3)11-18(12)14-8-6-13(7-9-14)17(4)5/h6-9,12,16H,10-11H2,1-5H3. The molecule has 0 amide bonds. The Morgan fingerprint density at radius 3 is 2.39 bits per heavy atom. The molecule has 1 aromatic rings. The Balaban J connectivity index is 2.19. The second-order valence-electron chi connectivity index (χ2n) is 6.15. The molecule has 3 heteroatoms. The number of anilines is 2. The fourth-order valence-electron chi connectivity index (χ4n) is 2.46. The van der Waals surface area contributed by atoms with Gasteiger partial charge in [-0.05, 0) is 45.0 Å². The van der Waals surface area contributed by atoms with E-state index in [1.807, 2.05) is 0 Å². The van der Waals surface area contributed by atoms with Gasteiger partial charge in [0.25, 0.3) is 0 Å². The maximum absolute atomic E-state index is 3.59. The van der Waals surface area contributed by atoms with Gasteiger partial charge in [0.15, 0.2) is 0 Å². The van der Waals surface area contributed by atoms with Gasteiger partial charge in [0, 0.05) is 50.1 Å². The third-order valence-corrected chi connectivity index (χ3v) is 3.67. The van der Waals surface area contributed by atoms with Crippen LogP contribution in [0.25, 0.3) is 0 Å². The minimum atomic E-state index is 0.187. The molecule has 1 unspecified atom stereocenters. The van der Waals surface area contributed by atoms with Crippen LogP contribution < -0.4 is 15.1 Å². The summed E-state index contributed by atoms with van der Waals surface area (Å²) in [4.78, 5) is 4.63. The number of rotatable bonds is 2. The molecule has 1 heterocycles. The zero-order valence-corrected chi connectivity index (χ0v) is 12.2. The van der Waals surface area contributed by atoms with E-state index in [0.717, 1.165) is 13.1 Å². The van der Waals surface area contributed by atoms with Gasteiger partial charge >= 0.3 is 0 Å². The summed E-state index contributed by atoms with van der Waals surface area (Å²) in [6, 6.07) is 9.39. The summed E-state index contributed by atoms with van der Waals surface area (Å²) in [5, 5.41) is 3.59. The van der Waals surface area contributed by atoms with Crippen LogP contribution in [0, 0.1) is 0 Å². The molecule has 0 radical (unpaired) electrons. The van der Waals surface area contributed by atoms with E-state index in [1.165, 1.54) is 11.4 Å². The first kappa shape index (κ1) is 13.2. The highest BCUT2D eigenvalue weighted by atomic mass is 15.2. The third-order valence-electron chi connectivity index (χ3n) is 3.67. The monoisotopic (exact) mass is 247 g/mol. The minimum absolute atomic E-state index is 0.187. The van der Waals surface area contributed by atoms with Crippen LogP contribution in [0.5, 0.6) is 0 Å². The lowest BCUT2D eigenvalue weighted by molar-refractivity contribution is 0.318. The lowest BCUT2D eigenvalue weighted by atomic mass is 9.98. The van der Waals surface area contributed by atoms with Crippen molar-refractivity contribution in [1.82, 2.24) is 5.32 Å². The fourth-order valence-corrected chi connectivity index (χ4v) is 2.46. The first-order valence-corrected chi connectivity index (χ1v) is 6.68. The number of nitrogens with one attached hydrogen (secondary N) is 1. The molecule has 18 heavy (non-hydrogen) atoms. The summed E-state index contributed by atoms with van der Waals surface area (Å²) in [5.74, 6) is 0. The molecule has 1 aliphatic rings. The van der Waals surface area contributed by atoms with Gasteiger partial charge in [-0.3, -0.25) is 0 Å². The van der Waals surface area contributed by atoms with Crippen LogP contribution in [0.15, 0.2) is 24.3 Å². The zero-order chi connectivity index (χ0) is 13.3. The average molecular weight is 247 g/mol. The van der Waals surface area contributed by atoms with Crippen molar-refractivity contribution in [3.05, 3.63) is 24.3 Å². The van der Waals surface area contributed by atoms with Crippen molar-refractivity contribution in [2.45, 2.75) is 32.4 Å². The van der Waals surface area contributed by atoms with Crippen molar-refractivity contribution in [2.75, 3.05) is 37.0 Å². The Kier molecular flexibility index (Phi) is 3.53. The first-order chi connectivity index (χ1) is 8.39. The molecule has 1 N–H and O–H groups in total. The Hall–Kier alpha value is -1.22. The predicted molar refractivity (Wildman–Crippen MR) is 79.7 cm³/mol. The third kappa shape index (κ3) is 2.78. The molecule has 2 rings (SSSR count). The molecule has 0 saturated carbocycles.